The van der Waals surface area contributed by atoms with E-state index in [4.69, 9.17) is 28.4 Å². The lowest BCUT2D eigenvalue weighted by Crippen LogP contribution is -2.48. The standard InChI is InChI=1S/C60H104N10O16/c1-55(2,3)81-49(75)63-37-25-21-27-41(67-51(77)83-57(7,8)9)45(71)61-35-23-19-29-43(69-53(79)85-59(13,14)15)47(73)65-39-31-33-40(34-32-39)66-48(74)44(70-54(80)86-60(16,17)18)30-20-24-36-62-46(72)42(68-52(78)84-58(10,11)12)28-22-26-38-64-50(76)82-56(4,5)6/h31-34,41-44H,19-30,35-38H2,1-18H3,(H,61,71)(H,62,72)(H,63,75)(H,64,76)(H,65,73)(H,66,74)(H,67,77)(H,68,78)(H,69,79)(H,70,80). The summed E-state index contributed by atoms with van der Waals surface area (Å²) in [6.07, 6.45) is -0.0885. The largest absolute Gasteiger partial charge is 0.444 e. The van der Waals surface area contributed by atoms with Crippen LogP contribution in [0.3, 0.4) is 0 Å². The van der Waals surface area contributed by atoms with Crippen molar-refractivity contribution in [2.45, 2.75) is 259 Å². The molecule has 1 aromatic carbocycles. The predicted molar refractivity (Wildman–Crippen MR) is 326 cm³/mol. The lowest BCUT2D eigenvalue weighted by atomic mass is 10.1. The zero-order valence-electron chi connectivity index (χ0n) is 54.5. The molecule has 10 N–H and O–H groups in total. The number of unbranched alkanes of at least 4 members (excludes halogenated alkanes) is 4. The van der Waals surface area contributed by atoms with Gasteiger partial charge in [-0.15, -0.1) is 0 Å². The van der Waals surface area contributed by atoms with Crippen LogP contribution in [0.25, 0.3) is 0 Å². The quantitative estimate of drug-likeness (QED) is 0.0253. The van der Waals surface area contributed by atoms with Crippen LogP contribution in [-0.2, 0) is 47.6 Å². The first-order chi connectivity index (χ1) is 39.5. The second-order valence-corrected chi connectivity index (χ2v) is 26.8. The summed E-state index contributed by atoms with van der Waals surface area (Å²) < 4.78 is 32.2. The fourth-order valence-corrected chi connectivity index (χ4v) is 7.54. The topological polar surface area (TPSA) is 346 Å². The Balaban J connectivity index is 3.05. The SMILES string of the molecule is CC(C)(C)OC(=O)NCCCCC(NC(=O)OC(C)(C)C)C(=O)NCCCCC(NC(=O)OC(C)(C)C)C(=O)Nc1ccc(NC(=O)C(CCCCNC(=O)C(CCCCNC(=O)OC(C)(C)C)NC(=O)OC(C)(C)C)NC(=O)OC(C)(C)C)cc1. The van der Waals surface area contributed by atoms with E-state index >= 15 is 0 Å². The van der Waals surface area contributed by atoms with Crippen LogP contribution in [0.1, 0.15) is 202 Å². The smallest absolute Gasteiger partial charge is 0.408 e. The minimum Gasteiger partial charge on any atom is -0.444 e. The summed E-state index contributed by atoms with van der Waals surface area (Å²) >= 11 is 0. The molecule has 4 atom stereocenters. The maximum atomic E-state index is 13.8. The van der Waals surface area contributed by atoms with E-state index in [0.29, 0.717) is 75.8 Å². The van der Waals surface area contributed by atoms with Gasteiger partial charge in [-0.1, -0.05) is 0 Å². The molecule has 10 amide bonds. The van der Waals surface area contributed by atoms with Gasteiger partial charge in [0.2, 0.25) is 23.6 Å². The van der Waals surface area contributed by atoms with Gasteiger partial charge in [-0.2, -0.15) is 0 Å². The van der Waals surface area contributed by atoms with Gasteiger partial charge in [0.1, 0.15) is 57.8 Å². The Bertz CT molecular complexity index is 2180. The van der Waals surface area contributed by atoms with Crippen molar-refractivity contribution < 1.29 is 76.4 Å². The molecule has 0 aliphatic carbocycles. The van der Waals surface area contributed by atoms with Crippen molar-refractivity contribution in [2.75, 3.05) is 36.8 Å². The summed E-state index contributed by atoms with van der Waals surface area (Å²) in [5.41, 5.74) is -4.02. The highest BCUT2D eigenvalue weighted by atomic mass is 16.6. The second-order valence-electron chi connectivity index (χ2n) is 26.8. The number of ether oxygens (including phenoxy) is 6. The van der Waals surface area contributed by atoms with Crippen LogP contribution < -0.4 is 53.2 Å². The molecule has 0 saturated heterocycles. The van der Waals surface area contributed by atoms with Crippen LogP contribution in [0, 0.1) is 0 Å². The number of hydrogen-bond acceptors (Lipinski definition) is 16. The van der Waals surface area contributed by atoms with Crippen LogP contribution in [0.5, 0.6) is 0 Å². The van der Waals surface area contributed by atoms with E-state index < -0.39 is 118 Å². The fraction of sp³-hybridized carbons (Fsp3) is 0.733. The highest BCUT2D eigenvalue weighted by molar-refractivity contribution is 5.98. The van der Waals surface area contributed by atoms with Gasteiger partial charge in [0.05, 0.1) is 0 Å². The Kier molecular flexibility index (Phi) is 32.1. The average Bonchev–Trinajstić information content (AvgIpc) is 3.39. The van der Waals surface area contributed by atoms with E-state index in [2.05, 4.69) is 53.2 Å². The number of anilines is 2. The third kappa shape index (κ3) is 40.1. The molecule has 0 aromatic heterocycles. The van der Waals surface area contributed by atoms with E-state index in [1.54, 1.807) is 125 Å². The van der Waals surface area contributed by atoms with Crippen molar-refractivity contribution in [1.29, 1.82) is 0 Å². The Labute approximate surface area is 509 Å². The first kappa shape index (κ1) is 76.7. The van der Waals surface area contributed by atoms with Crippen LogP contribution in [0.15, 0.2) is 24.3 Å². The van der Waals surface area contributed by atoms with E-state index in [-0.39, 0.29) is 38.8 Å². The van der Waals surface area contributed by atoms with Crippen molar-refractivity contribution in [3.63, 3.8) is 0 Å². The molecule has 0 bridgehead atoms. The maximum absolute atomic E-state index is 13.8. The van der Waals surface area contributed by atoms with E-state index in [1.165, 1.54) is 24.3 Å². The normalized spacial score (nSPS) is 13.3. The molecule has 0 spiro atoms. The Hall–Kier alpha value is -7.28. The van der Waals surface area contributed by atoms with Crippen LogP contribution in [0.4, 0.5) is 40.1 Å². The maximum Gasteiger partial charge on any atom is 0.408 e. The molecular formula is C60H104N10O16. The third-order valence-corrected chi connectivity index (χ3v) is 11.1. The molecule has 0 heterocycles. The van der Waals surface area contributed by atoms with E-state index in [9.17, 15) is 47.9 Å². The lowest BCUT2D eigenvalue weighted by Gasteiger charge is -2.24. The van der Waals surface area contributed by atoms with Gasteiger partial charge in [-0.3, -0.25) is 19.2 Å². The molecule has 0 radical (unpaired) electrons. The van der Waals surface area contributed by atoms with Crippen molar-refractivity contribution in [2.24, 2.45) is 0 Å². The molecule has 26 nitrogen and oxygen atoms in total. The third-order valence-electron chi connectivity index (χ3n) is 11.1. The highest BCUT2D eigenvalue weighted by Gasteiger charge is 2.29. The Morgan fingerprint density at radius 3 is 0.709 bits per heavy atom. The van der Waals surface area contributed by atoms with E-state index in [0.717, 1.165) is 0 Å². The van der Waals surface area contributed by atoms with Gasteiger partial charge in [-0.05, 0) is 226 Å². The van der Waals surface area contributed by atoms with Gasteiger partial charge >= 0.3 is 36.6 Å². The molecule has 26 heteroatoms. The zero-order valence-corrected chi connectivity index (χ0v) is 54.5. The van der Waals surface area contributed by atoms with Gasteiger partial charge in [0.15, 0.2) is 0 Å². The van der Waals surface area contributed by atoms with E-state index in [1.807, 2.05) is 0 Å². The monoisotopic (exact) mass is 1220 g/mol. The molecule has 86 heavy (non-hydrogen) atoms. The predicted octanol–water partition coefficient (Wildman–Crippen LogP) is 9.10. The first-order valence-corrected chi connectivity index (χ1v) is 29.7. The van der Waals surface area contributed by atoms with Crippen LogP contribution >= 0.6 is 0 Å². The summed E-state index contributed by atoms with van der Waals surface area (Å²) in [4.78, 5) is 130. The minimum absolute atomic E-state index is 0.140. The number of carbonyl (C=O) groups is 10. The molecular weight excluding hydrogens is 1120 g/mol. The first-order valence-electron chi connectivity index (χ1n) is 29.7. The number of benzene rings is 1. The minimum atomic E-state index is -1.08. The lowest BCUT2D eigenvalue weighted by molar-refractivity contribution is -0.124. The van der Waals surface area contributed by atoms with Gasteiger partial charge in [-0.25, -0.2) is 28.8 Å². The number of amides is 10. The summed E-state index contributed by atoms with van der Waals surface area (Å²) in [6.45, 7) is 31.8. The summed E-state index contributed by atoms with van der Waals surface area (Å²) in [5.74, 6) is -2.05. The molecule has 1 aromatic rings. The number of nitrogens with one attached hydrogen (secondary N) is 10. The molecule has 0 aliphatic heterocycles. The van der Waals surface area contributed by atoms with Crippen molar-refractivity contribution in [3.05, 3.63) is 24.3 Å². The van der Waals surface area contributed by atoms with Crippen molar-refractivity contribution in [1.82, 2.24) is 42.5 Å². The summed E-state index contributed by atoms with van der Waals surface area (Å²) in [7, 11) is 0. The number of hydrogen-bond donors (Lipinski definition) is 10. The number of carbonyl (C=O) groups excluding carboxylic acids is 10. The Morgan fingerprint density at radius 1 is 0.291 bits per heavy atom. The fourth-order valence-electron chi connectivity index (χ4n) is 7.54. The number of alkyl carbamates (subject to hydrolysis) is 6. The zero-order chi connectivity index (χ0) is 65.7. The molecule has 0 saturated carbocycles. The molecule has 0 fully saturated rings. The summed E-state index contributed by atoms with van der Waals surface area (Å²) in [5, 5.41) is 27.1. The molecule has 0 aliphatic rings. The second kappa shape index (κ2) is 36.0. The van der Waals surface area contributed by atoms with Gasteiger partial charge in [0.25, 0.3) is 0 Å². The van der Waals surface area contributed by atoms with Crippen molar-refractivity contribution >= 4 is 71.6 Å². The van der Waals surface area contributed by atoms with Crippen molar-refractivity contribution in [3.8, 4) is 0 Å². The van der Waals surface area contributed by atoms with Gasteiger partial charge in [0, 0.05) is 37.6 Å². The number of rotatable bonds is 30. The van der Waals surface area contributed by atoms with Crippen LogP contribution in [0.2, 0.25) is 0 Å². The molecule has 490 valence electrons. The highest BCUT2D eigenvalue weighted by Crippen LogP contribution is 2.18. The van der Waals surface area contributed by atoms with Crippen LogP contribution in [-0.4, -0.2) is 144 Å². The summed E-state index contributed by atoms with van der Waals surface area (Å²) in [6, 6.07) is 2.11. The molecule has 1 rings (SSSR count). The van der Waals surface area contributed by atoms with Gasteiger partial charge < -0.3 is 81.6 Å². The average molecular weight is 1220 g/mol. The molecule has 4 unspecified atom stereocenters. The Morgan fingerprint density at radius 2 is 0.488 bits per heavy atom.